The number of rotatable bonds is 3. The second-order valence-electron chi connectivity index (χ2n) is 4.47. The number of benzene rings is 1. The van der Waals surface area contributed by atoms with Crippen LogP contribution < -0.4 is 10.1 Å². The van der Waals surface area contributed by atoms with Crippen molar-refractivity contribution in [2.75, 3.05) is 6.54 Å². The minimum Gasteiger partial charge on any atom is -0.478 e. The van der Waals surface area contributed by atoms with E-state index < -0.39 is 12.1 Å². The topological polar surface area (TPSA) is 75.6 Å². The Morgan fingerprint density at radius 3 is 2.55 bits per heavy atom. The van der Waals surface area contributed by atoms with Gasteiger partial charge in [-0.2, -0.15) is 0 Å². The van der Waals surface area contributed by atoms with E-state index in [0.717, 1.165) is 12.8 Å². The van der Waals surface area contributed by atoms with Crippen LogP contribution in [0.25, 0.3) is 0 Å². The molecule has 2 rings (SSSR count). The Labute approximate surface area is 132 Å². The number of ether oxygens (including phenoxy) is 1. The van der Waals surface area contributed by atoms with E-state index in [4.69, 9.17) is 9.84 Å². The molecular formula is C13H13Br2NO4. The first-order valence-corrected chi connectivity index (χ1v) is 7.74. The Kier molecular flexibility index (Phi) is 5.04. The summed E-state index contributed by atoms with van der Waals surface area (Å²) in [5.74, 6) is -0.717. The molecule has 1 fully saturated rings. The van der Waals surface area contributed by atoms with Crippen LogP contribution in [0.3, 0.4) is 0 Å². The maximum atomic E-state index is 11.9. The molecule has 1 unspecified atom stereocenters. The highest BCUT2D eigenvalue weighted by Gasteiger charge is 2.24. The summed E-state index contributed by atoms with van der Waals surface area (Å²) in [6.45, 7) is 0.666. The van der Waals surface area contributed by atoms with Gasteiger partial charge in [-0.25, -0.2) is 4.79 Å². The SMILES string of the molecule is O=C(O)c1cc(Br)c(OC2CCCCNC2=O)c(Br)c1. The standard InChI is InChI=1S/C13H13Br2NO4/c14-8-5-7(13(18)19)6-9(15)11(8)20-10-3-1-2-4-16-12(10)17/h5-6,10H,1-4H2,(H,16,17)(H,18,19). The largest absolute Gasteiger partial charge is 0.478 e. The number of carbonyl (C=O) groups is 2. The minimum atomic E-state index is -1.02. The van der Waals surface area contributed by atoms with Crippen LogP contribution in [0.5, 0.6) is 5.75 Å². The molecule has 108 valence electrons. The Balaban J connectivity index is 2.24. The maximum Gasteiger partial charge on any atom is 0.335 e. The molecule has 0 spiro atoms. The fourth-order valence-corrected chi connectivity index (χ4v) is 3.34. The normalized spacial score (nSPS) is 19.1. The molecule has 0 aromatic heterocycles. The van der Waals surface area contributed by atoms with Gasteiger partial charge in [0.15, 0.2) is 6.10 Å². The molecule has 2 N–H and O–H groups in total. The van der Waals surface area contributed by atoms with Crippen molar-refractivity contribution in [1.29, 1.82) is 0 Å². The minimum absolute atomic E-state index is 0.136. The molecule has 0 radical (unpaired) electrons. The summed E-state index contributed by atoms with van der Waals surface area (Å²) in [6.07, 6.45) is 1.93. The first kappa shape index (κ1) is 15.3. The highest BCUT2D eigenvalue weighted by Crippen LogP contribution is 2.36. The Morgan fingerprint density at radius 2 is 1.95 bits per heavy atom. The van der Waals surface area contributed by atoms with Crippen molar-refractivity contribution in [2.45, 2.75) is 25.4 Å². The molecule has 1 aliphatic heterocycles. The average molecular weight is 407 g/mol. The van der Waals surface area contributed by atoms with E-state index in [1.54, 1.807) is 0 Å². The smallest absolute Gasteiger partial charge is 0.335 e. The molecule has 0 aliphatic carbocycles. The van der Waals surface area contributed by atoms with Crippen molar-refractivity contribution < 1.29 is 19.4 Å². The zero-order valence-electron chi connectivity index (χ0n) is 10.5. The van der Waals surface area contributed by atoms with Crippen molar-refractivity contribution in [3.8, 4) is 5.75 Å². The lowest BCUT2D eigenvalue weighted by Gasteiger charge is -2.18. The van der Waals surface area contributed by atoms with Gasteiger partial charge in [-0.15, -0.1) is 0 Å². The summed E-state index contributed by atoms with van der Waals surface area (Å²) in [4.78, 5) is 22.8. The van der Waals surface area contributed by atoms with Crippen LogP contribution in [0.2, 0.25) is 0 Å². The number of hydrogen-bond donors (Lipinski definition) is 2. The summed E-state index contributed by atoms with van der Waals surface area (Å²) < 4.78 is 6.75. The molecule has 0 saturated carbocycles. The number of aromatic carboxylic acids is 1. The lowest BCUT2D eigenvalue weighted by atomic mass is 10.1. The third-order valence-corrected chi connectivity index (χ3v) is 4.17. The van der Waals surface area contributed by atoms with Crippen LogP contribution >= 0.6 is 31.9 Å². The van der Waals surface area contributed by atoms with E-state index in [0.29, 0.717) is 27.7 Å². The number of carboxylic acid groups (broad SMARTS) is 1. The van der Waals surface area contributed by atoms with Crippen molar-refractivity contribution in [2.24, 2.45) is 0 Å². The van der Waals surface area contributed by atoms with Gasteiger partial charge in [0.2, 0.25) is 0 Å². The summed E-state index contributed by atoms with van der Waals surface area (Å²) in [6, 6.07) is 2.91. The van der Waals surface area contributed by atoms with Gasteiger partial charge in [0, 0.05) is 6.54 Å². The summed E-state index contributed by atoms with van der Waals surface area (Å²) in [5.41, 5.74) is 0.140. The molecule has 1 atom stereocenters. The van der Waals surface area contributed by atoms with Crippen LogP contribution in [0.15, 0.2) is 21.1 Å². The van der Waals surface area contributed by atoms with Gasteiger partial charge in [-0.1, -0.05) is 0 Å². The molecule has 1 heterocycles. The number of nitrogens with one attached hydrogen (secondary N) is 1. The number of hydrogen-bond acceptors (Lipinski definition) is 3. The van der Waals surface area contributed by atoms with Crippen LogP contribution in [-0.4, -0.2) is 29.6 Å². The van der Waals surface area contributed by atoms with Gasteiger partial charge in [0.1, 0.15) is 5.75 Å². The summed E-state index contributed by atoms with van der Waals surface area (Å²) in [5, 5.41) is 11.8. The van der Waals surface area contributed by atoms with E-state index in [2.05, 4.69) is 37.2 Å². The van der Waals surface area contributed by atoms with Gasteiger partial charge < -0.3 is 15.2 Å². The van der Waals surface area contributed by atoms with Crippen molar-refractivity contribution in [3.05, 3.63) is 26.6 Å². The maximum absolute atomic E-state index is 11.9. The highest BCUT2D eigenvalue weighted by atomic mass is 79.9. The Bertz CT molecular complexity index is 524. The van der Waals surface area contributed by atoms with E-state index in [9.17, 15) is 9.59 Å². The van der Waals surface area contributed by atoms with E-state index in [1.807, 2.05) is 0 Å². The number of carbonyl (C=O) groups excluding carboxylic acids is 1. The molecule has 0 bridgehead atoms. The predicted octanol–water partition coefficient (Wildman–Crippen LogP) is 2.96. The predicted molar refractivity (Wildman–Crippen MR) is 80.1 cm³/mol. The first-order valence-electron chi connectivity index (χ1n) is 6.15. The zero-order chi connectivity index (χ0) is 14.7. The van der Waals surface area contributed by atoms with Gasteiger partial charge in [0.25, 0.3) is 5.91 Å². The van der Waals surface area contributed by atoms with Gasteiger partial charge >= 0.3 is 5.97 Å². The van der Waals surface area contributed by atoms with E-state index in [1.165, 1.54) is 12.1 Å². The molecule has 1 saturated heterocycles. The third-order valence-electron chi connectivity index (χ3n) is 2.99. The number of carboxylic acids is 1. The lowest BCUT2D eigenvalue weighted by Crippen LogP contribution is -2.36. The zero-order valence-corrected chi connectivity index (χ0v) is 13.7. The fraction of sp³-hybridized carbons (Fsp3) is 0.385. The van der Waals surface area contributed by atoms with Gasteiger partial charge in [0.05, 0.1) is 14.5 Å². The molecule has 1 aromatic carbocycles. The Morgan fingerprint density at radius 1 is 1.30 bits per heavy atom. The number of halogens is 2. The average Bonchev–Trinajstić information content (AvgIpc) is 2.58. The van der Waals surface area contributed by atoms with Crippen LogP contribution in [0.4, 0.5) is 0 Å². The second-order valence-corrected chi connectivity index (χ2v) is 6.18. The molecular weight excluding hydrogens is 394 g/mol. The van der Waals surface area contributed by atoms with Crippen molar-refractivity contribution >= 4 is 43.7 Å². The van der Waals surface area contributed by atoms with Gasteiger partial charge in [-0.05, 0) is 63.3 Å². The van der Waals surface area contributed by atoms with Crippen molar-refractivity contribution in [1.82, 2.24) is 5.32 Å². The Hall–Kier alpha value is -1.08. The number of amides is 1. The van der Waals surface area contributed by atoms with Crippen LogP contribution in [0, 0.1) is 0 Å². The first-order chi connectivity index (χ1) is 9.49. The monoisotopic (exact) mass is 405 g/mol. The van der Waals surface area contributed by atoms with E-state index in [-0.39, 0.29) is 11.5 Å². The van der Waals surface area contributed by atoms with E-state index >= 15 is 0 Å². The molecule has 7 heteroatoms. The summed E-state index contributed by atoms with van der Waals surface area (Å²) >= 11 is 6.57. The van der Waals surface area contributed by atoms with Gasteiger partial charge in [-0.3, -0.25) is 4.79 Å². The molecule has 1 aliphatic rings. The highest BCUT2D eigenvalue weighted by molar-refractivity contribution is 9.11. The quantitative estimate of drug-likeness (QED) is 0.809. The molecule has 1 amide bonds. The van der Waals surface area contributed by atoms with Crippen LogP contribution in [0.1, 0.15) is 29.6 Å². The lowest BCUT2D eigenvalue weighted by molar-refractivity contribution is -0.127. The third kappa shape index (κ3) is 3.52. The summed E-state index contributed by atoms with van der Waals surface area (Å²) in [7, 11) is 0. The molecule has 1 aromatic rings. The fourth-order valence-electron chi connectivity index (χ4n) is 1.96. The second kappa shape index (κ2) is 6.58. The molecule has 5 nitrogen and oxygen atoms in total. The van der Waals surface area contributed by atoms with Crippen LogP contribution in [-0.2, 0) is 4.79 Å². The molecule has 20 heavy (non-hydrogen) atoms. The van der Waals surface area contributed by atoms with Crippen molar-refractivity contribution in [3.63, 3.8) is 0 Å².